The van der Waals surface area contributed by atoms with Gasteiger partial charge >= 0.3 is 0 Å². The van der Waals surface area contributed by atoms with Gasteiger partial charge in [-0.05, 0) is 89.4 Å². The first kappa shape index (κ1) is 27.5. The summed E-state index contributed by atoms with van der Waals surface area (Å²) in [4.78, 5) is 17.3. The Morgan fingerprint density at radius 3 is 1.93 bits per heavy atom. The first-order valence-corrected chi connectivity index (χ1v) is 16.0. The summed E-state index contributed by atoms with van der Waals surface area (Å²) in [6.07, 6.45) is 0.411. The summed E-state index contributed by atoms with van der Waals surface area (Å²) in [6, 6.07) is 31.9. The molecule has 0 amide bonds. The van der Waals surface area contributed by atoms with E-state index >= 15 is 0 Å². The van der Waals surface area contributed by atoms with Gasteiger partial charge in [-0.2, -0.15) is 5.26 Å². The summed E-state index contributed by atoms with van der Waals surface area (Å²) >= 11 is 2.93. The Balaban J connectivity index is 1.53. The molecule has 1 aliphatic carbocycles. The van der Waals surface area contributed by atoms with Crippen molar-refractivity contribution in [1.29, 1.82) is 5.26 Å². The van der Waals surface area contributed by atoms with Gasteiger partial charge in [0.05, 0.1) is 38.0 Å². The molecule has 1 aliphatic rings. The quantitative estimate of drug-likeness (QED) is 0.175. The van der Waals surface area contributed by atoms with Crippen LogP contribution in [0.5, 0.6) is 11.5 Å². The molecule has 0 unspecified atom stereocenters. The van der Waals surface area contributed by atoms with E-state index in [1.54, 1.807) is 24.3 Å². The van der Waals surface area contributed by atoms with Crippen LogP contribution in [-0.4, -0.2) is 25.2 Å². The van der Waals surface area contributed by atoms with Crippen molar-refractivity contribution in [2.24, 2.45) is 0 Å². The minimum absolute atomic E-state index is 0.134. The minimum Gasteiger partial charge on any atom is -0.508 e. The van der Waals surface area contributed by atoms with Crippen LogP contribution in [0.3, 0.4) is 0 Å². The molecule has 7 nitrogen and oxygen atoms in total. The number of aromatic hydroxyl groups is 2. The number of phenols is 2. The molecule has 3 aromatic heterocycles. The zero-order valence-electron chi connectivity index (χ0n) is 23.9. The lowest BCUT2D eigenvalue weighted by Crippen LogP contribution is -2.28. The lowest BCUT2D eigenvalue weighted by atomic mass is 9.99. The molecule has 4 aromatic carbocycles. The molecular weight excluding hydrogens is 611 g/mol. The van der Waals surface area contributed by atoms with Gasteiger partial charge in [0, 0.05) is 10.8 Å². The number of benzene rings is 4. The van der Waals surface area contributed by atoms with E-state index in [1.165, 1.54) is 22.7 Å². The standard InChI is InChI=1S/C37H21N5O2S2/c1-39-35(37-41-28-7-3-5-9-30(28)46-37)25-18-24(20-10-14-22(43)15-11-20)31-32(25)33(21-12-16-23(44)17-13-21)42-34(31)26(19-38)36-40-27-6-2-4-8-29(27)45-36/h2-17,42-44H,18H2/b34-26-,35-25-. The Kier molecular flexibility index (Phi) is 6.50. The maximum absolute atomic E-state index is 10.7. The van der Waals surface area contributed by atoms with Crippen LogP contribution >= 0.6 is 22.7 Å². The third kappa shape index (κ3) is 4.46. The highest BCUT2D eigenvalue weighted by molar-refractivity contribution is 7.20. The first-order valence-electron chi connectivity index (χ1n) is 14.3. The third-order valence-electron chi connectivity index (χ3n) is 8.09. The number of phenolic OH excluding ortho intramolecular Hbond substituents is 2. The molecule has 0 radical (unpaired) electrons. The molecule has 218 valence electrons. The van der Waals surface area contributed by atoms with Gasteiger partial charge in [0.1, 0.15) is 33.2 Å². The first-order chi connectivity index (χ1) is 22.5. The number of thiazole rings is 2. The molecule has 8 rings (SSSR count). The Morgan fingerprint density at radius 2 is 1.35 bits per heavy atom. The number of hydrogen-bond donors (Lipinski definition) is 3. The lowest BCUT2D eigenvalue weighted by molar-refractivity contribution is 0.475. The summed E-state index contributed by atoms with van der Waals surface area (Å²) < 4.78 is 1.96. The maximum atomic E-state index is 10.7. The fraction of sp³-hybridized carbons (Fsp3) is 0.0270. The van der Waals surface area contributed by atoms with Crippen molar-refractivity contribution in [3.63, 3.8) is 0 Å². The number of nitrogens with zero attached hydrogens (tertiary/aromatic N) is 4. The monoisotopic (exact) mass is 631 g/mol. The lowest BCUT2D eigenvalue weighted by Gasteiger charge is -2.09. The van der Waals surface area contributed by atoms with Crippen LogP contribution < -0.4 is 10.6 Å². The molecule has 0 spiro atoms. The average Bonchev–Trinajstić information content (AvgIpc) is 3.86. The smallest absolute Gasteiger partial charge is 0.226 e. The van der Waals surface area contributed by atoms with Crippen molar-refractivity contribution in [2.45, 2.75) is 6.42 Å². The Bertz CT molecular complexity index is 2530. The van der Waals surface area contributed by atoms with Crippen LogP contribution in [0.2, 0.25) is 0 Å². The highest BCUT2D eigenvalue weighted by Crippen LogP contribution is 2.42. The van der Waals surface area contributed by atoms with E-state index in [-0.39, 0.29) is 11.5 Å². The Labute approximate surface area is 270 Å². The van der Waals surface area contributed by atoms with E-state index in [0.717, 1.165) is 59.2 Å². The van der Waals surface area contributed by atoms with E-state index in [0.29, 0.717) is 33.1 Å². The van der Waals surface area contributed by atoms with Gasteiger partial charge in [-0.25, -0.2) is 14.8 Å². The van der Waals surface area contributed by atoms with Gasteiger partial charge in [0.2, 0.25) is 5.70 Å². The van der Waals surface area contributed by atoms with E-state index in [4.69, 9.17) is 16.5 Å². The molecule has 0 atom stereocenters. The normalized spacial score (nSPS) is 14.3. The number of nitriles is 1. The number of aromatic amines is 1. The third-order valence-corrected chi connectivity index (χ3v) is 10.2. The number of para-hydroxylation sites is 2. The van der Waals surface area contributed by atoms with Crippen molar-refractivity contribution >= 4 is 65.5 Å². The topological polar surface area (TPSA) is 110 Å². The molecule has 7 aromatic rings. The van der Waals surface area contributed by atoms with Crippen LogP contribution in [-0.2, 0) is 0 Å². The molecule has 0 fully saturated rings. The molecule has 0 saturated heterocycles. The minimum atomic E-state index is 0.134. The molecule has 0 bridgehead atoms. The predicted octanol–water partition coefficient (Wildman–Crippen LogP) is 7.43. The maximum Gasteiger partial charge on any atom is 0.226 e. The van der Waals surface area contributed by atoms with Gasteiger partial charge in [0.25, 0.3) is 0 Å². The van der Waals surface area contributed by atoms with E-state index in [2.05, 4.69) is 15.9 Å². The number of hydrogen-bond acceptors (Lipinski definition) is 7. The van der Waals surface area contributed by atoms with Crippen molar-refractivity contribution < 1.29 is 10.2 Å². The van der Waals surface area contributed by atoms with E-state index in [9.17, 15) is 15.5 Å². The SMILES string of the molecule is [C-]#[N+]/C(=C1/CC(c2ccc(O)cc2)=c2c1c(-c1ccc(O)cc1)[nH]/c2=C(/C#N)c1nc2ccccc2s1)c1nc2ccccc2s1. The fourth-order valence-electron chi connectivity index (χ4n) is 6.01. The number of H-pyrrole nitrogens is 1. The number of aromatic nitrogens is 3. The zero-order valence-corrected chi connectivity index (χ0v) is 25.6. The number of allylic oxidation sites excluding steroid dienone is 1. The second-order valence-corrected chi connectivity index (χ2v) is 12.8. The van der Waals surface area contributed by atoms with Crippen LogP contribution in [0.1, 0.15) is 27.6 Å². The van der Waals surface area contributed by atoms with Crippen molar-refractivity contribution in [3.8, 4) is 28.8 Å². The van der Waals surface area contributed by atoms with Crippen molar-refractivity contribution in [3.05, 3.63) is 140 Å². The average molecular weight is 632 g/mol. The molecule has 3 heterocycles. The Hall–Kier alpha value is -6.00. The second-order valence-electron chi connectivity index (χ2n) is 10.8. The molecule has 0 saturated carbocycles. The fourth-order valence-corrected chi connectivity index (χ4v) is 7.96. The van der Waals surface area contributed by atoms with Crippen LogP contribution in [0.4, 0.5) is 0 Å². The van der Waals surface area contributed by atoms with Gasteiger partial charge in [-0.3, -0.25) is 0 Å². The summed E-state index contributed by atoms with van der Waals surface area (Å²) in [5.74, 6) is 0.279. The van der Waals surface area contributed by atoms with Crippen molar-refractivity contribution in [2.75, 3.05) is 0 Å². The molecule has 46 heavy (non-hydrogen) atoms. The molecule has 3 N–H and O–H groups in total. The van der Waals surface area contributed by atoms with Gasteiger partial charge in [0.15, 0.2) is 0 Å². The summed E-state index contributed by atoms with van der Waals surface area (Å²) in [7, 11) is 0. The van der Waals surface area contributed by atoms with Gasteiger partial charge < -0.3 is 15.2 Å². The number of fused-ring (bicyclic) bond motifs is 3. The number of nitrogens with one attached hydrogen (secondary N) is 1. The largest absolute Gasteiger partial charge is 0.508 e. The Morgan fingerprint density at radius 1 is 0.783 bits per heavy atom. The molecular formula is C37H21N5O2S2. The van der Waals surface area contributed by atoms with Crippen LogP contribution in [0.15, 0.2) is 97.1 Å². The molecule has 0 aliphatic heterocycles. The molecule has 9 heteroatoms. The summed E-state index contributed by atoms with van der Waals surface area (Å²) in [6.45, 7) is 8.39. The van der Waals surface area contributed by atoms with Crippen LogP contribution in [0, 0.1) is 17.9 Å². The highest BCUT2D eigenvalue weighted by atomic mass is 32.1. The predicted molar refractivity (Wildman–Crippen MR) is 183 cm³/mol. The van der Waals surface area contributed by atoms with Gasteiger partial charge in [-0.1, -0.05) is 36.4 Å². The zero-order chi connectivity index (χ0) is 31.4. The van der Waals surface area contributed by atoms with Crippen molar-refractivity contribution in [1.82, 2.24) is 15.0 Å². The highest BCUT2D eigenvalue weighted by Gasteiger charge is 2.30. The van der Waals surface area contributed by atoms with Crippen LogP contribution in [0.25, 0.3) is 59.0 Å². The van der Waals surface area contributed by atoms with E-state index < -0.39 is 0 Å². The van der Waals surface area contributed by atoms with Gasteiger partial charge in [-0.15, -0.1) is 22.7 Å². The summed E-state index contributed by atoms with van der Waals surface area (Å²) in [5, 5.41) is 33.5. The van der Waals surface area contributed by atoms with E-state index in [1.807, 2.05) is 72.8 Å². The second kappa shape index (κ2) is 10.9. The number of rotatable bonds is 4. The summed E-state index contributed by atoms with van der Waals surface area (Å²) in [5.41, 5.74) is 7.37.